The molecule has 0 spiro atoms. The normalized spacial score (nSPS) is 14.2. The predicted molar refractivity (Wildman–Crippen MR) is 303 cm³/mol. The fourth-order valence-corrected chi connectivity index (χ4v) is 12.7. The molecule has 0 N–H and O–H groups in total. The van der Waals surface area contributed by atoms with E-state index in [9.17, 15) is 0 Å². The molecule has 11 aromatic carbocycles. The molecule has 0 fully saturated rings. The summed E-state index contributed by atoms with van der Waals surface area (Å²) in [4.78, 5) is 4.86. The van der Waals surface area contributed by atoms with E-state index < -0.39 is 0 Å². The Morgan fingerprint density at radius 3 is 1.47 bits per heavy atom. The number of fused-ring (bicyclic) bond motifs is 12. The minimum Gasteiger partial charge on any atom is -0.456 e. The molecule has 0 atom stereocenters. The van der Waals surface area contributed by atoms with E-state index in [0.717, 1.165) is 56.6 Å². The molecule has 0 saturated heterocycles. The lowest BCUT2D eigenvalue weighted by atomic mass is 9.82. The lowest BCUT2D eigenvalue weighted by Crippen LogP contribution is -2.16. The first-order valence-corrected chi connectivity index (χ1v) is 25.5. The zero-order valence-electron chi connectivity index (χ0n) is 41.6. The molecule has 0 aromatic heterocycles. The number of hydrogen-bond donors (Lipinski definition) is 0. The molecule has 0 unspecified atom stereocenters. The van der Waals surface area contributed by atoms with Crippen molar-refractivity contribution in [3.8, 4) is 44.9 Å². The summed E-state index contributed by atoms with van der Waals surface area (Å²) in [7, 11) is 0. The van der Waals surface area contributed by atoms with Gasteiger partial charge in [-0.25, -0.2) is 0 Å². The minimum atomic E-state index is -0.137. The molecule has 3 heteroatoms. The van der Waals surface area contributed by atoms with Crippen LogP contribution in [0.4, 0.5) is 34.1 Å². The molecular formula is C69H54N2O. The predicted octanol–water partition coefficient (Wildman–Crippen LogP) is 19.6. The summed E-state index contributed by atoms with van der Waals surface area (Å²) in [5.41, 5.74) is 20.7. The quantitative estimate of drug-likeness (QED) is 0.148. The van der Waals surface area contributed by atoms with Gasteiger partial charge in [-0.3, -0.25) is 0 Å². The van der Waals surface area contributed by atoms with Gasteiger partial charge in [0.15, 0.2) is 0 Å². The van der Waals surface area contributed by atoms with E-state index in [1.807, 2.05) is 0 Å². The van der Waals surface area contributed by atoms with Gasteiger partial charge in [-0.1, -0.05) is 169 Å². The van der Waals surface area contributed by atoms with E-state index in [1.54, 1.807) is 0 Å². The molecule has 72 heavy (non-hydrogen) atoms. The van der Waals surface area contributed by atoms with Crippen molar-refractivity contribution < 1.29 is 4.74 Å². The Morgan fingerprint density at radius 1 is 0.333 bits per heavy atom. The number of ether oxygens (including phenoxy) is 1. The topological polar surface area (TPSA) is 15.7 Å². The van der Waals surface area contributed by atoms with Crippen LogP contribution >= 0.6 is 0 Å². The van der Waals surface area contributed by atoms with Crippen LogP contribution in [0.15, 0.2) is 212 Å². The zero-order chi connectivity index (χ0) is 48.6. The van der Waals surface area contributed by atoms with Crippen molar-refractivity contribution >= 4 is 66.4 Å². The molecule has 0 amide bonds. The van der Waals surface area contributed by atoms with Crippen LogP contribution < -0.4 is 14.5 Å². The second-order valence-electron chi connectivity index (χ2n) is 21.5. The molecule has 346 valence electrons. The number of nitrogens with zero attached hydrogens (tertiary/aromatic N) is 2. The number of benzene rings is 11. The SMILES string of the molecule is CC(C)c1ccc2c(N(c3ccccc3)c3ccc4c(c3)C(C)(C)c3ccccc3-4)cc3c4cccc5c4c(cc3c2c1)-c1ccc(N(c2ccccc2)c2ccc3c(c2)C(C)(C)c2ccccc2-3)cc1O5. The van der Waals surface area contributed by atoms with Gasteiger partial charge in [0, 0.05) is 61.7 Å². The fourth-order valence-electron chi connectivity index (χ4n) is 12.7. The van der Waals surface area contributed by atoms with Gasteiger partial charge < -0.3 is 14.5 Å². The molecule has 0 saturated carbocycles. The highest BCUT2D eigenvalue weighted by molar-refractivity contribution is 6.26. The summed E-state index contributed by atoms with van der Waals surface area (Å²) >= 11 is 0. The zero-order valence-corrected chi connectivity index (χ0v) is 41.6. The Kier molecular flexibility index (Phi) is 9.17. The van der Waals surface area contributed by atoms with Crippen LogP contribution in [0.1, 0.15) is 75.3 Å². The molecule has 3 aliphatic rings. The highest BCUT2D eigenvalue weighted by atomic mass is 16.5. The van der Waals surface area contributed by atoms with Gasteiger partial charge in [-0.2, -0.15) is 0 Å². The van der Waals surface area contributed by atoms with E-state index in [4.69, 9.17) is 4.74 Å². The average molecular weight is 927 g/mol. The van der Waals surface area contributed by atoms with Crippen LogP contribution in [-0.4, -0.2) is 0 Å². The highest BCUT2D eigenvalue weighted by Crippen LogP contribution is 2.56. The first kappa shape index (κ1) is 42.5. The first-order chi connectivity index (χ1) is 35.0. The summed E-state index contributed by atoms with van der Waals surface area (Å²) in [6.45, 7) is 14.0. The average Bonchev–Trinajstić information content (AvgIpc) is 3.78. The maximum Gasteiger partial charge on any atom is 0.137 e. The summed E-state index contributed by atoms with van der Waals surface area (Å²) in [6.07, 6.45) is 0. The maximum atomic E-state index is 7.12. The lowest BCUT2D eigenvalue weighted by Gasteiger charge is -2.31. The van der Waals surface area contributed by atoms with E-state index in [0.29, 0.717) is 5.92 Å². The van der Waals surface area contributed by atoms with Crippen LogP contribution in [-0.2, 0) is 10.8 Å². The van der Waals surface area contributed by atoms with E-state index in [1.165, 1.54) is 82.6 Å². The molecule has 0 bridgehead atoms. The van der Waals surface area contributed by atoms with Crippen molar-refractivity contribution in [3.05, 3.63) is 240 Å². The molecule has 11 aromatic rings. The van der Waals surface area contributed by atoms with Crippen molar-refractivity contribution in [1.29, 1.82) is 0 Å². The monoisotopic (exact) mass is 926 g/mol. The second kappa shape index (κ2) is 15.5. The Hall–Kier alpha value is -8.40. The van der Waals surface area contributed by atoms with E-state index in [-0.39, 0.29) is 10.8 Å². The standard InChI is InChI=1S/C69H54N2O/c1-42(2)43-28-32-53-56(36-43)57-40-59-54-35-31-48(70(44-18-9-7-10-19-44)46-29-33-51-49-22-13-15-25-60(49)68(3,4)62(51)37-46)39-66(54)72-65-27-17-24-55(67(59)65)58(57)41-64(53)71(45-20-11-8-12-21-45)47-30-34-52-50-23-14-16-26-61(50)69(5,6)63(52)38-47/h7-42H,1-6H3. The highest BCUT2D eigenvalue weighted by Gasteiger charge is 2.38. The van der Waals surface area contributed by atoms with E-state index in [2.05, 4.69) is 264 Å². The van der Waals surface area contributed by atoms with Gasteiger partial charge in [-0.15, -0.1) is 0 Å². The molecule has 0 radical (unpaired) electrons. The largest absolute Gasteiger partial charge is 0.456 e. The number of rotatable bonds is 7. The van der Waals surface area contributed by atoms with Crippen molar-refractivity contribution in [2.24, 2.45) is 0 Å². The summed E-state index contributed by atoms with van der Waals surface area (Å²) in [5.74, 6) is 2.08. The molecule has 14 rings (SSSR count). The van der Waals surface area contributed by atoms with Crippen LogP contribution in [0, 0.1) is 0 Å². The van der Waals surface area contributed by atoms with Gasteiger partial charge in [-0.05, 0) is 162 Å². The van der Waals surface area contributed by atoms with Crippen LogP contribution in [0.3, 0.4) is 0 Å². The smallest absolute Gasteiger partial charge is 0.137 e. The molecule has 3 nitrogen and oxygen atoms in total. The first-order valence-electron chi connectivity index (χ1n) is 25.5. The van der Waals surface area contributed by atoms with Crippen molar-refractivity contribution in [1.82, 2.24) is 0 Å². The van der Waals surface area contributed by atoms with Gasteiger partial charge in [0.1, 0.15) is 11.5 Å². The van der Waals surface area contributed by atoms with Crippen molar-refractivity contribution in [2.45, 2.75) is 58.3 Å². The Labute approximate surface area is 422 Å². The van der Waals surface area contributed by atoms with Gasteiger partial charge in [0.25, 0.3) is 0 Å². The summed E-state index contributed by atoms with van der Waals surface area (Å²) < 4.78 is 7.12. The third-order valence-corrected chi connectivity index (χ3v) is 16.4. The molecule has 2 aliphatic carbocycles. The van der Waals surface area contributed by atoms with Crippen LogP contribution in [0.5, 0.6) is 11.5 Å². The molecular weight excluding hydrogens is 873 g/mol. The van der Waals surface area contributed by atoms with Gasteiger partial charge in [0.05, 0.1) is 5.69 Å². The Morgan fingerprint density at radius 2 is 0.847 bits per heavy atom. The van der Waals surface area contributed by atoms with Gasteiger partial charge in [0.2, 0.25) is 0 Å². The minimum absolute atomic E-state index is 0.124. The van der Waals surface area contributed by atoms with Crippen LogP contribution in [0.2, 0.25) is 0 Å². The Bertz CT molecular complexity index is 4050. The third-order valence-electron chi connectivity index (χ3n) is 16.4. The number of anilines is 6. The third kappa shape index (κ3) is 6.16. The maximum absolute atomic E-state index is 7.12. The molecule has 1 heterocycles. The van der Waals surface area contributed by atoms with Crippen molar-refractivity contribution in [3.63, 3.8) is 0 Å². The number of para-hydroxylation sites is 2. The lowest BCUT2D eigenvalue weighted by molar-refractivity contribution is 0.487. The van der Waals surface area contributed by atoms with E-state index >= 15 is 0 Å². The van der Waals surface area contributed by atoms with Crippen molar-refractivity contribution in [2.75, 3.05) is 9.80 Å². The second-order valence-corrected chi connectivity index (χ2v) is 21.5. The van der Waals surface area contributed by atoms with Crippen LogP contribution in [0.25, 0.3) is 65.7 Å². The fraction of sp³-hybridized carbons (Fsp3) is 0.130. The van der Waals surface area contributed by atoms with Gasteiger partial charge >= 0.3 is 0 Å². The number of hydrogen-bond acceptors (Lipinski definition) is 3. The molecule has 1 aliphatic heterocycles. The Balaban J connectivity index is 0.959. The summed E-state index contributed by atoms with van der Waals surface area (Å²) in [5, 5.41) is 7.21. The summed E-state index contributed by atoms with van der Waals surface area (Å²) in [6, 6.07) is 79.0.